The number of benzene rings is 1. The molecule has 1 aliphatic rings. The largest absolute Gasteiger partial charge is 0.378 e. The summed E-state index contributed by atoms with van der Waals surface area (Å²) in [5, 5.41) is 2.80. The minimum atomic E-state index is -0.493. The topological polar surface area (TPSA) is 52.6 Å². The highest BCUT2D eigenvalue weighted by atomic mass is 16.2. The Balaban J connectivity index is 2.29. The number of amides is 2. The summed E-state index contributed by atoms with van der Waals surface area (Å²) in [6.45, 7) is 5.93. The van der Waals surface area contributed by atoms with Crippen molar-refractivity contribution in [1.29, 1.82) is 0 Å². The van der Waals surface area contributed by atoms with Gasteiger partial charge in [-0.2, -0.15) is 0 Å². The van der Waals surface area contributed by atoms with E-state index in [2.05, 4.69) is 5.32 Å². The van der Waals surface area contributed by atoms with Gasteiger partial charge in [0.25, 0.3) is 5.91 Å². The van der Waals surface area contributed by atoms with Gasteiger partial charge in [0.15, 0.2) is 0 Å². The van der Waals surface area contributed by atoms with E-state index in [0.29, 0.717) is 0 Å². The van der Waals surface area contributed by atoms with E-state index in [1.807, 2.05) is 64.0 Å². The molecule has 2 amide bonds. The second-order valence-corrected chi connectivity index (χ2v) is 6.70. The highest BCUT2D eigenvalue weighted by Crippen LogP contribution is 2.27. The van der Waals surface area contributed by atoms with Crippen molar-refractivity contribution in [3.63, 3.8) is 0 Å². The van der Waals surface area contributed by atoms with E-state index >= 15 is 0 Å². The monoisotopic (exact) mass is 289 g/mol. The molecule has 1 saturated heterocycles. The fourth-order valence-electron chi connectivity index (χ4n) is 2.38. The Morgan fingerprint density at radius 3 is 2.19 bits per heavy atom. The van der Waals surface area contributed by atoms with Crippen LogP contribution in [-0.4, -0.2) is 38.5 Å². The SMILES string of the molecule is CN(C)c1ccc(N2CC(=O)NC(C(C)(C)C)C2=O)cc1. The predicted octanol–water partition coefficient (Wildman–Crippen LogP) is 1.63. The van der Waals surface area contributed by atoms with Gasteiger partial charge in [0, 0.05) is 25.5 Å². The molecule has 5 nitrogen and oxygen atoms in total. The standard InChI is InChI=1S/C16H23N3O2/c1-16(2,3)14-15(21)19(10-13(20)17-14)12-8-6-11(7-9-12)18(4)5/h6-9,14H,10H2,1-5H3,(H,17,20). The summed E-state index contributed by atoms with van der Waals surface area (Å²) in [4.78, 5) is 28.1. The molecule has 0 aromatic heterocycles. The molecular formula is C16H23N3O2. The summed E-state index contributed by atoms with van der Waals surface area (Å²) in [6.07, 6.45) is 0. The van der Waals surface area contributed by atoms with Crippen LogP contribution in [0.25, 0.3) is 0 Å². The van der Waals surface area contributed by atoms with Crippen LogP contribution in [-0.2, 0) is 9.59 Å². The number of anilines is 2. The number of nitrogens with one attached hydrogen (secondary N) is 1. The first-order chi connectivity index (χ1) is 9.70. The summed E-state index contributed by atoms with van der Waals surface area (Å²) in [5.41, 5.74) is 1.50. The highest BCUT2D eigenvalue weighted by Gasteiger charge is 2.40. The number of carbonyl (C=O) groups excluding carboxylic acids is 2. The molecule has 1 aromatic rings. The molecule has 114 valence electrons. The number of hydrogen-bond donors (Lipinski definition) is 1. The second-order valence-electron chi connectivity index (χ2n) is 6.70. The third-order valence-electron chi connectivity index (χ3n) is 3.66. The fraction of sp³-hybridized carbons (Fsp3) is 0.500. The summed E-state index contributed by atoms with van der Waals surface area (Å²) in [5.74, 6) is -0.175. The number of nitrogens with zero attached hydrogens (tertiary/aromatic N) is 2. The van der Waals surface area contributed by atoms with Crippen LogP contribution in [0.3, 0.4) is 0 Å². The zero-order chi connectivity index (χ0) is 15.8. The van der Waals surface area contributed by atoms with Gasteiger partial charge in [0.2, 0.25) is 5.91 Å². The van der Waals surface area contributed by atoms with Crippen LogP contribution in [0.1, 0.15) is 20.8 Å². The van der Waals surface area contributed by atoms with Gasteiger partial charge >= 0.3 is 0 Å². The normalized spacial score (nSPS) is 19.5. The number of hydrogen-bond acceptors (Lipinski definition) is 3. The van der Waals surface area contributed by atoms with Crippen molar-refractivity contribution in [1.82, 2.24) is 5.32 Å². The zero-order valence-corrected chi connectivity index (χ0v) is 13.3. The average Bonchev–Trinajstić information content (AvgIpc) is 2.40. The van der Waals surface area contributed by atoms with Gasteiger partial charge in [-0.15, -0.1) is 0 Å². The third-order valence-corrected chi connectivity index (χ3v) is 3.66. The van der Waals surface area contributed by atoms with Crippen LogP contribution in [0, 0.1) is 5.41 Å². The fourth-order valence-corrected chi connectivity index (χ4v) is 2.38. The van der Waals surface area contributed by atoms with Gasteiger partial charge in [0.05, 0.1) is 0 Å². The molecule has 2 rings (SSSR count). The van der Waals surface area contributed by atoms with E-state index < -0.39 is 6.04 Å². The minimum absolute atomic E-state index is 0.0558. The second kappa shape index (κ2) is 5.39. The maximum Gasteiger partial charge on any atom is 0.250 e. The van der Waals surface area contributed by atoms with Crippen LogP contribution >= 0.6 is 0 Å². The molecule has 1 aliphatic heterocycles. The third kappa shape index (κ3) is 3.17. The molecule has 0 saturated carbocycles. The summed E-state index contributed by atoms with van der Waals surface area (Å²) >= 11 is 0. The molecule has 1 fully saturated rings. The summed E-state index contributed by atoms with van der Waals surface area (Å²) < 4.78 is 0. The number of carbonyl (C=O) groups is 2. The Labute approximate surface area is 125 Å². The van der Waals surface area contributed by atoms with Crippen LogP contribution in [0.5, 0.6) is 0 Å². The van der Waals surface area contributed by atoms with E-state index in [1.165, 1.54) is 0 Å². The van der Waals surface area contributed by atoms with Crippen molar-refractivity contribution in [3.8, 4) is 0 Å². The van der Waals surface area contributed by atoms with Gasteiger partial charge < -0.3 is 15.1 Å². The van der Waals surface area contributed by atoms with Gasteiger partial charge in [0.1, 0.15) is 12.6 Å². The molecule has 1 atom stereocenters. The van der Waals surface area contributed by atoms with E-state index in [-0.39, 0.29) is 23.8 Å². The molecule has 1 unspecified atom stereocenters. The Bertz CT molecular complexity index is 544. The molecule has 1 aromatic carbocycles. The lowest BCUT2D eigenvalue weighted by Crippen LogP contribution is -2.62. The first-order valence-electron chi connectivity index (χ1n) is 7.08. The van der Waals surface area contributed by atoms with Crippen molar-refractivity contribution < 1.29 is 9.59 Å². The molecule has 1 N–H and O–H groups in total. The van der Waals surface area contributed by atoms with E-state index in [0.717, 1.165) is 11.4 Å². The van der Waals surface area contributed by atoms with Crippen LogP contribution in [0.15, 0.2) is 24.3 Å². The highest BCUT2D eigenvalue weighted by molar-refractivity contribution is 6.07. The Hall–Kier alpha value is -2.04. The van der Waals surface area contributed by atoms with E-state index in [9.17, 15) is 9.59 Å². The maximum atomic E-state index is 12.6. The lowest BCUT2D eigenvalue weighted by molar-refractivity contribution is -0.133. The lowest BCUT2D eigenvalue weighted by Gasteiger charge is -2.38. The molecule has 0 bridgehead atoms. The van der Waals surface area contributed by atoms with E-state index in [4.69, 9.17) is 0 Å². The quantitative estimate of drug-likeness (QED) is 0.900. The van der Waals surface area contributed by atoms with Crippen LogP contribution in [0.4, 0.5) is 11.4 Å². The zero-order valence-electron chi connectivity index (χ0n) is 13.3. The first-order valence-corrected chi connectivity index (χ1v) is 7.08. The molecule has 0 aliphatic carbocycles. The average molecular weight is 289 g/mol. The summed E-state index contributed by atoms with van der Waals surface area (Å²) in [6, 6.07) is 7.16. The molecule has 0 radical (unpaired) electrons. The van der Waals surface area contributed by atoms with Gasteiger partial charge in [-0.1, -0.05) is 20.8 Å². The number of piperazine rings is 1. The van der Waals surface area contributed by atoms with Crippen molar-refractivity contribution >= 4 is 23.2 Å². The van der Waals surface area contributed by atoms with Crippen molar-refractivity contribution in [2.45, 2.75) is 26.8 Å². The van der Waals surface area contributed by atoms with Gasteiger partial charge in [-0.3, -0.25) is 9.59 Å². The van der Waals surface area contributed by atoms with Crippen molar-refractivity contribution in [3.05, 3.63) is 24.3 Å². The Kier molecular flexibility index (Phi) is 3.94. The Morgan fingerprint density at radius 1 is 1.14 bits per heavy atom. The van der Waals surface area contributed by atoms with E-state index in [1.54, 1.807) is 4.90 Å². The van der Waals surface area contributed by atoms with Crippen molar-refractivity contribution in [2.75, 3.05) is 30.4 Å². The lowest BCUT2D eigenvalue weighted by atomic mass is 9.84. The molecule has 0 spiro atoms. The minimum Gasteiger partial charge on any atom is -0.378 e. The van der Waals surface area contributed by atoms with Crippen LogP contribution < -0.4 is 15.1 Å². The molecule has 1 heterocycles. The number of rotatable bonds is 2. The van der Waals surface area contributed by atoms with Gasteiger partial charge in [-0.05, 0) is 29.7 Å². The maximum absolute atomic E-state index is 12.6. The first kappa shape index (κ1) is 15.4. The predicted molar refractivity (Wildman–Crippen MR) is 84.5 cm³/mol. The van der Waals surface area contributed by atoms with Crippen molar-refractivity contribution in [2.24, 2.45) is 5.41 Å². The molecule has 5 heteroatoms. The molecule has 21 heavy (non-hydrogen) atoms. The smallest absolute Gasteiger partial charge is 0.250 e. The van der Waals surface area contributed by atoms with Crippen LogP contribution in [0.2, 0.25) is 0 Å². The molecular weight excluding hydrogens is 266 g/mol. The summed E-state index contributed by atoms with van der Waals surface area (Å²) in [7, 11) is 3.92. The van der Waals surface area contributed by atoms with Gasteiger partial charge in [-0.25, -0.2) is 0 Å². The Morgan fingerprint density at radius 2 is 1.71 bits per heavy atom.